The molecule has 17 heavy (non-hydrogen) atoms. The number of rotatable bonds is 4. The van der Waals surface area contributed by atoms with Crippen molar-refractivity contribution in [2.24, 2.45) is 0 Å². The van der Waals surface area contributed by atoms with E-state index < -0.39 is 18.3 Å². The zero-order chi connectivity index (χ0) is 12.3. The normalized spacial score (nSPS) is 12.8. The summed E-state index contributed by atoms with van der Waals surface area (Å²) in [5.41, 5.74) is -1.01. The van der Waals surface area contributed by atoms with Crippen molar-refractivity contribution in [1.29, 1.82) is 0 Å². The molecule has 1 atom stereocenters. The van der Waals surface area contributed by atoms with Gasteiger partial charge in [-0.1, -0.05) is 12.4 Å². The predicted molar refractivity (Wildman–Crippen MR) is 55.5 cm³/mol. The molecule has 7 heteroatoms. The molecule has 1 unspecified atom stereocenters. The van der Waals surface area contributed by atoms with Crippen molar-refractivity contribution in [2.45, 2.75) is 26.4 Å². The fraction of sp³-hybridized carbons (Fsp3) is 0.400. The monoisotopic (exact) mass is 274 g/mol. The second kappa shape index (κ2) is 7.13. The van der Waals surface area contributed by atoms with Gasteiger partial charge in [0.05, 0.1) is 11.9 Å². The minimum atomic E-state index is -5.26. The third-order valence-electron chi connectivity index (χ3n) is 2.23. The summed E-state index contributed by atoms with van der Waals surface area (Å²) in [5.74, 6) is -1.21. The molecule has 0 heterocycles. The number of ether oxygens (including phenoxy) is 1. The molecule has 0 aliphatic heterocycles. The SMILES string of the molecule is CCC(C)Oc1ccc(F)cc1[B-](F)(F)F.[K+]. The van der Waals surface area contributed by atoms with Crippen LogP contribution in [0.25, 0.3) is 0 Å². The van der Waals surface area contributed by atoms with Crippen LogP contribution in [0.5, 0.6) is 5.75 Å². The second-order valence-corrected chi connectivity index (χ2v) is 3.59. The fourth-order valence-corrected chi connectivity index (χ4v) is 1.18. The third kappa shape index (κ3) is 5.30. The van der Waals surface area contributed by atoms with Gasteiger partial charge in [-0.2, -0.15) is 0 Å². The third-order valence-corrected chi connectivity index (χ3v) is 2.23. The largest absolute Gasteiger partial charge is 1.00 e. The van der Waals surface area contributed by atoms with E-state index in [2.05, 4.69) is 0 Å². The number of benzene rings is 1. The molecule has 0 spiro atoms. The molecule has 1 aromatic carbocycles. The quantitative estimate of drug-likeness (QED) is 0.557. The van der Waals surface area contributed by atoms with Crippen LogP contribution in [-0.2, 0) is 0 Å². The Hall–Kier alpha value is 0.441. The average molecular weight is 274 g/mol. The first-order valence-corrected chi connectivity index (χ1v) is 5.00. The topological polar surface area (TPSA) is 9.23 Å². The smallest absolute Gasteiger partial charge is 0.494 e. The fourth-order valence-electron chi connectivity index (χ4n) is 1.18. The Labute approximate surface area is 140 Å². The number of hydrogen-bond acceptors (Lipinski definition) is 1. The van der Waals surface area contributed by atoms with Gasteiger partial charge in [0.1, 0.15) is 5.82 Å². The Morgan fingerprint density at radius 3 is 2.35 bits per heavy atom. The molecule has 0 aliphatic rings. The molecule has 1 nitrogen and oxygen atoms in total. The molecule has 0 bridgehead atoms. The molecule has 0 amide bonds. The van der Waals surface area contributed by atoms with Crippen molar-refractivity contribution >= 4 is 12.4 Å². The summed E-state index contributed by atoms with van der Waals surface area (Å²) >= 11 is 0. The minimum absolute atomic E-state index is 0. The van der Waals surface area contributed by atoms with Gasteiger partial charge in [0.2, 0.25) is 0 Å². The summed E-state index contributed by atoms with van der Waals surface area (Å²) in [6.07, 6.45) is 0.254. The summed E-state index contributed by atoms with van der Waals surface area (Å²) < 4.78 is 55.7. The maximum absolute atomic E-state index is 12.8. The van der Waals surface area contributed by atoms with Crippen molar-refractivity contribution in [1.82, 2.24) is 0 Å². The van der Waals surface area contributed by atoms with Gasteiger partial charge in [-0.05, 0) is 31.5 Å². The molecule has 0 saturated heterocycles. The molecule has 0 saturated carbocycles. The van der Waals surface area contributed by atoms with Crippen LogP contribution in [0.3, 0.4) is 0 Å². The minimum Gasteiger partial charge on any atom is -0.494 e. The Balaban J connectivity index is 0.00000256. The van der Waals surface area contributed by atoms with E-state index in [1.165, 1.54) is 0 Å². The van der Waals surface area contributed by atoms with E-state index in [0.29, 0.717) is 12.5 Å². The van der Waals surface area contributed by atoms with E-state index in [9.17, 15) is 17.3 Å². The Morgan fingerprint density at radius 1 is 1.29 bits per heavy atom. The first-order chi connectivity index (χ1) is 7.34. The van der Waals surface area contributed by atoms with Gasteiger partial charge in [0, 0.05) is 0 Å². The summed E-state index contributed by atoms with van der Waals surface area (Å²) in [5, 5.41) is 0. The van der Waals surface area contributed by atoms with Gasteiger partial charge in [0.15, 0.2) is 0 Å². The molecule has 0 aromatic heterocycles. The van der Waals surface area contributed by atoms with Crippen molar-refractivity contribution < 1.29 is 73.5 Å². The molecular weight excluding hydrogens is 262 g/mol. The number of halogens is 4. The summed E-state index contributed by atoms with van der Waals surface area (Å²) in [6.45, 7) is -1.80. The van der Waals surface area contributed by atoms with Crippen LogP contribution >= 0.6 is 0 Å². The van der Waals surface area contributed by atoms with Crippen molar-refractivity contribution in [3.05, 3.63) is 24.0 Å². The van der Waals surface area contributed by atoms with E-state index in [4.69, 9.17) is 4.74 Å². The summed E-state index contributed by atoms with van der Waals surface area (Å²) in [7, 11) is 0. The van der Waals surface area contributed by atoms with Crippen LogP contribution < -0.4 is 61.6 Å². The first kappa shape index (κ1) is 17.4. The van der Waals surface area contributed by atoms with Gasteiger partial charge in [0.25, 0.3) is 0 Å². The Bertz CT molecular complexity index is 370. The average Bonchev–Trinajstić information content (AvgIpc) is 2.19. The molecule has 0 radical (unpaired) electrons. The van der Waals surface area contributed by atoms with Crippen LogP contribution in [0.15, 0.2) is 18.2 Å². The van der Waals surface area contributed by atoms with E-state index in [-0.39, 0.29) is 63.2 Å². The maximum Gasteiger partial charge on any atom is 1.00 e. The predicted octanol–water partition coefficient (Wildman–Crippen LogP) is 0.0614. The first-order valence-electron chi connectivity index (χ1n) is 5.00. The van der Waals surface area contributed by atoms with Crippen LogP contribution in [0, 0.1) is 5.82 Å². The van der Waals surface area contributed by atoms with Crippen LogP contribution in [-0.4, -0.2) is 13.1 Å². The maximum atomic E-state index is 12.8. The van der Waals surface area contributed by atoms with E-state index >= 15 is 0 Å². The van der Waals surface area contributed by atoms with Crippen molar-refractivity contribution in [2.75, 3.05) is 0 Å². The van der Waals surface area contributed by atoms with Gasteiger partial charge in [-0.25, -0.2) is 4.39 Å². The molecule has 0 N–H and O–H groups in total. The van der Waals surface area contributed by atoms with Crippen LogP contribution in [0.4, 0.5) is 17.3 Å². The van der Waals surface area contributed by atoms with Gasteiger partial charge < -0.3 is 17.7 Å². The van der Waals surface area contributed by atoms with E-state index in [1.807, 2.05) is 0 Å². The zero-order valence-corrected chi connectivity index (χ0v) is 13.1. The number of hydrogen-bond donors (Lipinski definition) is 0. The molecular formula is C10H12BF4KO. The Kier molecular flexibility index (Phi) is 7.32. The van der Waals surface area contributed by atoms with Gasteiger partial charge in [-0.3, -0.25) is 0 Å². The Morgan fingerprint density at radius 2 is 1.88 bits per heavy atom. The van der Waals surface area contributed by atoms with Crippen molar-refractivity contribution in [3.63, 3.8) is 0 Å². The molecule has 1 rings (SSSR count). The molecule has 90 valence electrons. The van der Waals surface area contributed by atoms with Crippen LogP contribution in [0.1, 0.15) is 20.3 Å². The molecule has 0 fully saturated rings. The van der Waals surface area contributed by atoms with Crippen molar-refractivity contribution in [3.8, 4) is 5.75 Å². The van der Waals surface area contributed by atoms with Gasteiger partial charge >= 0.3 is 58.4 Å². The van der Waals surface area contributed by atoms with Crippen LogP contribution in [0.2, 0.25) is 0 Å². The van der Waals surface area contributed by atoms with E-state index in [0.717, 1.165) is 12.1 Å². The zero-order valence-electron chi connectivity index (χ0n) is 10.0. The standard InChI is InChI=1S/C10H12BF4O.K/c1-3-7(2)16-10-5-4-8(12)6-9(10)11(13,14)15;/h4-7H,3H2,1-2H3;/q-1;+1. The van der Waals surface area contributed by atoms with Gasteiger partial charge in [-0.15, -0.1) is 0 Å². The molecule has 0 aliphatic carbocycles. The second-order valence-electron chi connectivity index (χ2n) is 3.59. The summed E-state index contributed by atoms with van der Waals surface area (Å²) in [6, 6.07) is 2.45. The van der Waals surface area contributed by atoms with E-state index in [1.54, 1.807) is 13.8 Å². The summed E-state index contributed by atoms with van der Waals surface area (Å²) in [4.78, 5) is 0. The molecule has 1 aromatic rings.